The Bertz CT molecular complexity index is 998. The second-order valence-corrected chi connectivity index (χ2v) is 6.85. The summed E-state index contributed by atoms with van der Waals surface area (Å²) in [5.74, 6) is 0.339. The van der Waals surface area contributed by atoms with Crippen molar-refractivity contribution in [2.24, 2.45) is 0 Å². The van der Waals surface area contributed by atoms with Gasteiger partial charge >= 0.3 is 6.03 Å². The van der Waals surface area contributed by atoms with Gasteiger partial charge in [0.15, 0.2) is 0 Å². The van der Waals surface area contributed by atoms with E-state index in [9.17, 15) is 9.18 Å². The van der Waals surface area contributed by atoms with Crippen molar-refractivity contribution < 1.29 is 13.9 Å². The molecule has 0 atom stereocenters. The van der Waals surface area contributed by atoms with E-state index in [1.54, 1.807) is 54.9 Å². The number of hydrogen-bond donors (Lipinski definition) is 2. The summed E-state index contributed by atoms with van der Waals surface area (Å²) in [5, 5.41) is 10.3. The van der Waals surface area contributed by atoms with E-state index < -0.39 is 11.8 Å². The molecule has 0 aliphatic rings. The normalized spacial score (nSPS) is 10.7. The van der Waals surface area contributed by atoms with Crippen molar-refractivity contribution in [1.29, 1.82) is 0 Å². The summed E-state index contributed by atoms with van der Waals surface area (Å²) in [6.45, 7) is 6.24. The molecule has 1 heterocycles. The van der Waals surface area contributed by atoms with E-state index in [2.05, 4.69) is 15.7 Å². The van der Waals surface area contributed by atoms with Gasteiger partial charge in [0.2, 0.25) is 0 Å². The molecule has 0 fully saturated rings. The first-order chi connectivity index (χ1) is 13.9. The monoisotopic (exact) mass is 416 g/mol. The Morgan fingerprint density at radius 1 is 1.17 bits per heavy atom. The Morgan fingerprint density at radius 2 is 1.90 bits per heavy atom. The summed E-state index contributed by atoms with van der Waals surface area (Å²) in [7, 11) is 0. The molecular weight excluding hydrogens is 395 g/mol. The molecule has 29 heavy (non-hydrogen) atoms. The number of aromatic nitrogens is 2. The predicted octanol–water partition coefficient (Wildman–Crippen LogP) is 5.38. The summed E-state index contributed by atoms with van der Waals surface area (Å²) in [6, 6.07) is 11.2. The van der Waals surface area contributed by atoms with Crippen LogP contribution in [0.25, 0.3) is 0 Å². The largest absolute Gasteiger partial charge is 0.494 e. The highest BCUT2D eigenvalue weighted by molar-refractivity contribution is 6.31. The zero-order valence-electron chi connectivity index (χ0n) is 16.4. The minimum atomic E-state index is -0.399. The van der Waals surface area contributed by atoms with Crippen LogP contribution in [0.4, 0.5) is 20.6 Å². The third-order valence-corrected chi connectivity index (χ3v) is 4.77. The summed E-state index contributed by atoms with van der Waals surface area (Å²) in [4.78, 5) is 12.4. The molecule has 2 aromatic carbocycles. The number of ether oxygens (including phenoxy) is 1. The molecule has 0 aliphatic carbocycles. The molecule has 2 N–H and O–H groups in total. The maximum absolute atomic E-state index is 14.1. The molecule has 0 saturated carbocycles. The van der Waals surface area contributed by atoms with Crippen LogP contribution < -0.4 is 15.4 Å². The topological polar surface area (TPSA) is 68.2 Å². The number of benzene rings is 2. The molecule has 2 amide bonds. The van der Waals surface area contributed by atoms with Gasteiger partial charge in [-0.1, -0.05) is 17.7 Å². The second kappa shape index (κ2) is 8.96. The lowest BCUT2D eigenvalue weighted by atomic mass is 10.2. The van der Waals surface area contributed by atoms with E-state index in [0.29, 0.717) is 40.0 Å². The highest BCUT2D eigenvalue weighted by Gasteiger charge is 2.16. The van der Waals surface area contributed by atoms with Crippen molar-refractivity contribution in [3.63, 3.8) is 0 Å². The van der Waals surface area contributed by atoms with E-state index in [0.717, 1.165) is 5.75 Å². The summed E-state index contributed by atoms with van der Waals surface area (Å²) >= 11 is 6.11. The summed E-state index contributed by atoms with van der Waals surface area (Å²) < 4.78 is 21.1. The number of rotatable bonds is 6. The number of carbonyl (C=O) groups excluding carboxylic acids is 1. The fourth-order valence-electron chi connectivity index (χ4n) is 2.94. The molecule has 0 spiro atoms. The fourth-order valence-corrected chi connectivity index (χ4v) is 3.16. The molecular formula is C21H22ClFN4O2. The van der Waals surface area contributed by atoms with Gasteiger partial charge in [-0.15, -0.1) is 0 Å². The van der Waals surface area contributed by atoms with E-state index in [1.807, 2.05) is 6.92 Å². The number of urea groups is 1. The zero-order chi connectivity index (χ0) is 21.0. The first kappa shape index (κ1) is 20.7. The van der Waals surface area contributed by atoms with Gasteiger partial charge in [-0.3, -0.25) is 4.68 Å². The summed E-state index contributed by atoms with van der Waals surface area (Å²) in [6.07, 6.45) is 0. The lowest BCUT2D eigenvalue weighted by Gasteiger charge is -2.10. The molecule has 0 saturated heterocycles. The van der Waals surface area contributed by atoms with Crippen LogP contribution in [0.2, 0.25) is 5.02 Å². The van der Waals surface area contributed by atoms with Gasteiger partial charge in [0.25, 0.3) is 0 Å². The van der Waals surface area contributed by atoms with Crippen molar-refractivity contribution in [3.05, 3.63) is 70.3 Å². The SMILES string of the molecule is CCOc1ccc(NC(=O)Nc2c(C)nn(Cc3c(F)cccc3Cl)c2C)cc1. The lowest BCUT2D eigenvalue weighted by Crippen LogP contribution is -2.20. The molecule has 0 radical (unpaired) electrons. The van der Waals surface area contributed by atoms with Gasteiger partial charge in [-0.05, 0) is 57.2 Å². The average Bonchev–Trinajstić information content (AvgIpc) is 2.94. The maximum atomic E-state index is 14.1. The summed E-state index contributed by atoms with van der Waals surface area (Å²) in [5.41, 5.74) is 2.87. The molecule has 3 aromatic rings. The third-order valence-electron chi connectivity index (χ3n) is 4.41. The van der Waals surface area contributed by atoms with Crippen LogP contribution in [-0.2, 0) is 6.54 Å². The van der Waals surface area contributed by atoms with Crippen LogP contribution >= 0.6 is 11.6 Å². The number of amides is 2. The Hall–Kier alpha value is -3.06. The van der Waals surface area contributed by atoms with Crippen LogP contribution in [0.1, 0.15) is 23.9 Å². The molecule has 8 heteroatoms. The van der Waals surface area contributed by atoms with Gasteiger partial charge < -0.3 is 15.4 Å². The maximum Gasteiger partial charge on any atom is 0.323 e. The molecule has 0 unspecified atom stereocenters. The number of anilines is 2. The van der Waals surface area contributed by atoms with Crippen molar-refractivity contribution in [3.8, 4) is 5.75 Å². The lowest BCUT2D eigenvalue weighted by molar-refractivity contribution is 0.262. The van der Waals surface area contributed by atoms with Gasteiger partial charge in [-0.25, -0.2) is 9.18 Å². The third kappa shape index (κ3) is 4.86. The van der Waals surface area contributed by atoms with Crippen LogP contribution in [0.15, 0.2) is 42.5 Å². The molecule has 6 nitrogen and oxygen atoms in total. The Kier molecular flexibility index (Phi) is 6.39. The molecule has 3 rings (SSSR count). The van der Waals surface area contributed by atoms with Crippen molar-refractivity contribution in [2.75, 3.05) is 17.2 Å². The predicted molar refractivity (Wildman–Crippen MR) is 112 cm³/mol. The van der Waals surface area contributed by atoms with Crippen molar-refractivity contribution in [2.45, 2.75) is 27.3 Å². The number of carbonyl (C=O) groups is 1. The minimum absolute atomic E-state index is 0.167. The Labute approximate surface area is 173 Å². The molecule has 0 bridgehead atoms. The van der Waals surface area contributed by atoms with Crippen LogP contribution in [0.5, 0.6) is 5.75 Å². The smallest absolute Gasteiger partial charge is 0.323 e. The number of halogens is 2. The van der Waals surface area contributed by atoms with E-state index in [1.165, 1.54) is 6.07 Å². The van der Waals surface area contributed by atoms with Crippen molar-refractivity contribution in [1.82, 2.24) is 9.78 Å². The zero-order valence-corrected chi connectivity index (χ0v) is 17.2. The van der Waals surface area contributed by atoms with Crippen LogP contribution in [0.3, 0.4) is 0 Å². The van der Waals surface area contributed by atoms with Crippen LogP contribution in [0, 0.1) is 19.7 Å². The average molecular weight is 417 g/mol. The van der Waals surface area contributed by atoms with Crippen molar-refractivity contribution >= 4 is 29.0 Å². The standard InChI is InChI=1S/C21H22ClFN4O2/c1-4-29-16-10-8-15(9-11-16)24-21(28)25-20-13(2)26-27(14(20)3)12-17-18(22)6-5-7-19(17)23/h5-11H,4,12H2,1-3H3,(H2,24,25,28). The Morgan fingerprint density at radius 3 is 2.55 bits per heavy atom. The van der Waals surface area contributed by atoms with E-state index >= 15 is 0 Å². The number of aryl methyl sites for hydroxylation is 1. The highest BCUT2D eigenvalue weighted by atomic mass is 35.5. The second-order valence-electron chi connectivity index (χ2n) is 6.44. The quantitative estimate of drug-likeness (QED) is 0.566. The first-order valence-electron chi connectivity index (χ1n) is 9.16. The Balaban J connectivity index is 1.72. The number of nitrogens with zero attached hydrogens (tertiary/aromatic N) is 2. The molecule has 0 aliphatic heterocycles. The minimum Gasteiger partial charge on any atom is -0.494 e. The fraction of sp³-hybridized carbons (Fsp3) is 0.238. The van der Waals surface area contributed by atoms with E-state index in [-0.39, 0.29) is 6.54 Å². The van der Waals surface area contributed by atoms with Gasteiger partial charge in [0, 0.05) is 16.3 Å². The molecule has 152 valence electrons. The molecule has 1 aromatic heterocycles. The van der Waals surface area contributed by atoms with E-state index in [4.69, 9.17) is 16.3 Å². The van der Waals surface area contributed by atoms with Gasteiger partial charge in [-0.2, -0.15) is 5.10 Å². The highest BCUT2D eigenvalue weighted by Crippen LogP contribution is 2.25. The van der Waals surface area contributed by atoms with Crippen LogP contribution in [-0.4, -0.2) is 22.4 Å². The number of nitrogens with one attached hydrogen (secondary N) is 2. The first-order valence-corrected chi connectivity index (χ1v) is 9.54. The van der Waals surface area contributed by atoms with Gasteiger partial charge in [0.1, 0.15) is 11.6 Å². The van der Waals surface area contributed by atoms with Gasteiger partial charge in [0.05, 0.1) is 30.2 Å². The number of hydrogen-bond acceptors (Lipinski definition) is 3.